The summed E-state index contributed by atoms with van der Waals surface area (Å²) in [5.74, 6) is -2.42. The van der Waals surface area contributed by atoms with Crippen molar-refractivity contribution in [2.75, 3.05) is 16.8 Å². The molecule has 3 heterocycles. The van der Waals surface area contributed by atoms with Gasteiger partial charge in [-0.3, -0.25) is 19.2 Å². The highest BCUT2D eigenvalue weighted by atomic mass is 79.9. The standard InChI is InChI=1S/C29H19BrF3N3O5S2/c30-16-6-8-18(9-7-16)36-26(38)22-21(23-25(35-28(40)43-23)42-24(22)27(36)39)14-4-10-19(11-5-14)41-13-20(37)34-17-3-1-2-15(12-17)29(31,32)33/h1-12,21-22,24H,13H2,(H,34,37)(H,35,40)/t21-,22?,24?/m1/s1. The number of anilines is 2. The van der Waals surface area contributed by atoms with E-state index in [2.05, 4.69) is 26.2 Å². The SMILES string of the molecule is O=C(COc1ccc([C@H]2c3sc(=O)[nH]c3SC3C(=O)N(c4ccc(Br)cc4)C(=O)C32)cc1)Nc1cccc(C(F)(F)F)c1. The second-order valence-electron chi connectivity index (χ2n) is 9.72. The summed E-state index contributed by atoms with van der Waals surface area (Å²) in [6.07, 6.45) is -4.54. The zero-order valence-corrected chi connectivity index (χ0v) is 24.9. The fourth-order valence-electron chi connectivity index (χ4n) is 5.11. The van der Waals surface area contributed by atoms with Gasteiger partial charge < -0.3 is 15.0 Å². The zero-order valence-electron chi connectivity index (χ0n) is 21.7. The first-order valence-electron chi connectivity index (χ1n) is 12.7. The molecule has 1 fully saturated rings. The lowest BCUT2D eigenvalue weighted by Gasteiger charge is -2.29. The molecule has 1 saturated heterocycles. The first kappa shape index (κ1) is 29.2. The molecule has 0 aliphatic carbocycles. The minimum atomic E-state index is -4.54. The van der Waals surface area contributed by atoms with Crippen LogP contribution in [0.1, 0.15) is 21.9 Å². The van der Waals surface area contributed by atoms with Crippen LogP contribution in [0.2, 0.25) is 0 Å². The minimum absolute atomic E-state index is 0.0160. The van der Waals surface area contributed by atoms with Gasteiger partial charge >= 0.3 is 11.0 Å². The quantitative estimate of drug-likeness (QED) is 0.240. The van der Waals surface area contributed by atoms with Crippen molar-refractivity contribution in [3.63, 3.8) is 0 Å². The molecule has 0 saturated carbocycles. The number of carbonyl (C=O) groups is 3. The lowest BCUT2D eigenvalue weighted by atomic mass is 9.83. The molecule has 8 nitrogen and oxygen atoms in total. The zero-order chi connectivity index (χ0) is 30.5. The van der Waals surface area contributed by atoms with E-state index in [0.29, 0.717) is 26.9 Å². The maximum absolute atomic E-state index is 13.8. The number of aromatic nitrogens is 1. The van der Waals surface area contributed by atoms with Crippen LogP contribution in [0.25, 0.3) is 0 Å². The number of benzene rings is 3. The number of nitrogens with one attached hydrogen (secondary N) is 2. The second-order valence-corrected chi connectivity index (χ2v) is 12.8. The molecule has 3 atom stereocenters. The minimum Gasteiger partial charge on any atom is -0.484 e. The molecule has 4 aromatic rings. The van der Waals surface area contributed by atoms with Gasteiger partial charge in [0.25, 0.3) is 5.91 Å². The van der Waals surface area contributed by atoms with Crippen LogP contribution in [0.15, 0.2) is 87.1 Å². The van der Waals surface area contributed by atoms with Crippen molar-refractivity contribution in [2.45, 2.75) is 22.4 Å². The van der Waals surface area contributed by atoms with Gasteiger partial charge in [0.15, 0.2) is 6.61 Å². The summed E-state index contributed by atoms with van der Waals surface area (Å²) in [5, 5.41) is 2.19. The lowest BCUT2D eigenvalue weighted by Crippen LogP contribution is -2.32. The molecule has 2 unspecified atom stereocenters. The Bertz CT molecular complexity index is 1790. The topological polar surface area (TPSA) is 109 Å². The number of ether oxygens (including phenoxy) is 1. The molecule has 0 radical (unpaired) electrons. The summed E-state index contributed by atoms with van der Waals surface area (Å²) in [5.41, 5.74) is 0.225. The maximum Gasteiger partial charge on any atom is 0.416 e. The molecule has 3 amide bonds. The largest absolute Gasteiger partial charge is 0.484 e. The van der Waals surface area contributed by atoms with Gasteiger partial charge in [-0.15, -0.1) is 0 Å². The number of halogens is 4. The number of thioether (sulfide) groups is 1. The molecule has 220 valence electrons. The molecular weight excluding hydrogens is 671 g/mol. The molecule has 2 aliphatic rings. The number of hydrogen-bond donors (Lipinski definition) is 2. The Kier molecular flexibility index (Phi) is 7.69. The summed E-state index contributed by atoms with van der Waals surface area (Å²) in [6, 6.07) is 17.7. The van der Waals surface area contributed by atoms with Crippen molar-refractivity contribution in [1.82, 2.24) is 4.98 Å². The summed E-state index contributed by atoms with van der Waals surface area (Å²) in [4.78, 5) is 56.2. The Hall–Kier alpha value is -3.88. The van der Waals surface area contributed by atoms with Gasteiger partial charge in [0.2, 0.25) is 11.8 Å². The van der Waals surface area contributed by atoms with Crippen LogP contribution in [-0.2, 0) is 20.6 Å². The highest BCUT2D eigenvalue weighted by Gasteiger charge is 2.56. The molecule has 0 spiro atoms. The Morgan fingerprint density at radius 2 is 1.72 bits per heavy atom. The summed E-state index contributed by atoms with van der Waals surface area (Å²) in [6.45, 7) is -0.459. The van der Waals surface area contributed by atoms with Crippen molar-refractivity contribution in [3.8, 4) is 5.75 Å². The Morgan fingerprint density at radius 3 is 2.42 bits per heavy atom. The van der Waals surface area contributed by atoms with E-state index in [0.717, 1.165) is 27.9 Å². The van der Waals surface area contributed by atoms with E-state index in [1.54, 1.807) is 48.5 Å². The second kappa shape index (κ2) is 11.3. The first-order chi connectivity index (χ1) is 20.5. The van der Waals surface area contributed by atoms with Crippen LogP contribution >= 0.6 is 39.0 Å². The maximum atomic E-state index is 13.8. The smallest absolute Gasteiger partial charge is 0.416 e. The summed E-state index contributed by atoms with van der Waals surface area (Å²) >= 11 is 5.53. The van der Waals surface area contributed by atoms with Crippen molar-refractivity contribution in [1.29, 1.82) is 0 Å². The van der Waals surface area contributed by atoms with E-state index in [4.69, 9.17) is 4.74 Å². The van der Waals surface area contributed by atoms with E-state index in [-0.39, 0.29) is 22.4 Å². The van der Waals surface area contributed by atoms with Crippen LogP contribution < -0.4 is 19.8 Å². The van der Waals surface area contributed by atoms with Crippen LogP contribution in [0.5, 0.6) is 5.75 Å². The number of hydrogen-bond acceptors (Lipinski definition) is 7. The van der Waals surface area contributed by atoms with Crippen LogP contribution in [0, 0.1) is 5.92 Å². The third-order valence-electron chi connectivity index (χ3n) is 6.99. The molecule has 2 N–H and O–H groups in total. The van der Waals surface area contributed by atoms with Gasteiger partial charge in [-0.05, 0) is 60.2 Å². The van der Waals surface area contributed by atoms with Crippen molar-refractivity contribution in [2.24, 2.45) is 5.92 Å². The highest BCUT2D eigenvalue weighted by Crippen LogP contribution is 2.53. The number of imide groups is 1. The average Bonchev–Trinajstić information content (AvgIpc) is 3.46. The number of fused-ring (bicyclic) bond motifs is 2. The fraction of sp³-hybridized carbons (Fsp3) is 0.172. The third kappa shape index (κ3) is 5.74. The van der Waals surface area contributed by atoms with E-state index in [9.17, 15) is 32.3 Å². The molecule has 43 heavy (non-hydrogen) atoms. The van der Waals surface area contributed by atoms with Crippen LogP contribution in [-0.4, -0.2) is 34.6 Å². The van der Waals surface area contributed by atoms with E-state index in [1.165, 1.54) is 28.8 Å². The Labute approximate surface area is 258 Å². The lowest BCUT2D eigenvalue weighted by molar-refractivity contribution is -0.137. The predicted molar refractivity (Wildman–Crippen MR) is 159 cm³/mol. The van der Waals surface area contributed by atoms with Crippen LogP contribution in [0.3, 0.4) is 0 Å². The van der Waals surface area contributed by atoms with E-state index >= 15 is 0 Å². The number of H-pyrrole nitrogens is 1. The number of amides is 3. The predicted octanol–water partition coefficient (Wildman–Crippen LogP) is 6.03. The average molecular weight is 691 g/mol. The van der Waals surface area contributed by atoms with Gasteiger partial charge in [-0.1, -0.05) is 57.2 Å². The Balaban J connectivity index is 1.21. The van der Waals surface area contributed by atoms with E-state index < -0.39 is 41.3 Å². The van der Waals surface area contributed by atoms with Gasteiger partial charge in [-0.2, -0.15) is 13.2 Å². The molecule has 0 bridgehead atoms. The van der Waals surface area contributed by atoms with Gasteiger partial charge in [-0.25, -0.2) is 4.90 Å². The van der Waals surface area contributed by atoms with Gasteiger partial charge in [0.1, 0.15) is 11.0 Å². The van der Waals surface area contributed by atoms with Gasteiger partial charge in [0.05, 0.1) is 22.2 Å². The molecular formula is C29H19BrF3N3O5S2. The van der Waals surface area contributed by atoms with Crippen LogP contribution in [0.4, 0.5) is 24.5 Å². The number of carbonyl (C=O) groups excluding carboxylic acids is 3. The molecule has 6 rings (SSSR count). The molecule has 3 aromatic carbocycles. The highest BCUT2D eigenvalue weighted by molar-refractivity contribution is 9.10. The van der Waals surface area contributed by atoms with E-state index in [1.807, 2.05) is 0 Å². The number of alkyl halides is 3. The fourth-order valence-corrected chi connectivity index (χ4v) is 7.89. The molecule has 14 heteroatoms. The summed E-state index contributed by atoms with van der Waals surface area (Å²) < 4.78 is 45.2. The van der Waals surface area contributed by atoms with Crippen molar-refractivity contribution < 1.29 is 32.3 Å². The molecule has 1 aromatic heterocycles. The number of thiazole rings is 1. The third-order valence-corrected chi connectivity index (χ3v) is 9.92. The van der Waals surface area contributed by atoms with Gasteiger partial charge in [0, 0.05) is 21.0 Å². The molecule has 2 aliphatic heterocycles. The summed E-state index contributed by atoms with van der Waals surface area (Å²) in [7, 11) is 0. The first-order valence-corrected chi connectivity index (χ1v) is 15.2. The number of rotatable bonds is 6. The van der Waals surface area contributed by atoms with Crippen molar-refractivity contribution >= 4 is 68.1 Å². The number of nitrogens with zero attached hydrogens (tertiary/aromatic N) is 1. The Morgan fingerprint density at radius 1 is 1.00 bits per heavy atom. The van der Waals surface area contributed by atoms with Crippen molar-refractivity contribution in [3.05, 3.63) is 103 Å². The normalized spacial score (nSPS) is 19.6. The number of aromatic amines is 1. The monoisotopic (exact) mass is 689 g/mol.